The van der Waals surface area contributed by atoms with E-state index >= 15 is 0 Å². The SMILES string of the molecule is Cc1ccccc1SCC(O)c1cc(Br)ccc1F. The van der Waals surface area contributed by atoms with Crippen LogP contribution in [-0.4, -0.2) is 10.9 Å². The zero-order chi connectivity index (χ0) is 13.8. The molecule has 2 aromatic carbocycles. The summed E-state index contributed by atoms with van der Waals surface area (Å²) >= 11 is 4.82. The summed E-state index contributed by atoms with van der Waals surface area (Å²) in [5.74, 6) is 0.0548. The van der Waals surface area contributed by atoms with Gasteiger partial charge in [0.1, 0.15) is 5.82 Å². The number of benzene rings is 2. The molecule has 19 heavy (non-hydrogen) atoms. The van der Waals surface area contributed by atoms with E-state index in [1.807, 2.05) is 31.2 Å². The van der Waals surface area contributed by atoms with Crippen LogP contribution in [0, 0.1) is 12.7 Å². The van der Waals surface area contributed by atoms with Crippen LogP contribution in [0.2, 0.25) is 0 Å². The Morgan fingerprint density at radius 2 is 2.00 bits per heavy atom. The van der Waals surface area contributed by atoms with E-state index < -0.39 is 6.10 Å². The summed E-state index contributed by atoms with van der Waals surface area (Å²) in [6.07, 6.45) is -0.817. The number of halogens is 2. The molecule has 1 atom stereocenters. The van der Waals surface area contributed by atoms with Crippen LogP contribution in [-0.2, 0) is 0 Å². The maximum absolute atomic E-state index is 13.6. The second-order valence-electron chi connectivity index (χ2n) is 4.26. The van der Waals surface area contributed by atoms with E-state index in [0.29, 0.717) is 11.3 Å². The summed E-state index contributed by atoms with van der Waals surface area (Å²) < 4.78 is 14.4. The topological polar surface area (TPSA) is 20.2 Å². The maximum atomic E-state index is 13.6. The first-order valence-electron chi connectivity index (χ1n) is 5.89. The van der Waals surface area contributed by atoms with Gasteiger partial charge in [-0.2, -0.15) is 0 Å². The van der Waals surface area contributed by atoms with Crippen LogP contribution in [0.4, 0.5) is 4.39 Å². The Morgan fingerprint density at radius 1 is 1.26 bits per heavy atom. The van der Waals surface area contributed by atoms with Crippen LogP contribution < -0.4 is 0 Å². The van der Waals surface area contributed by atoms with Crippen LogP contribution in [0.15, 0.2) is 51.8 Å². The van der Waals surface area contributed by atoms with Gasteiger partial charge in [0.2, 0.25) is 0 Å². The van der Waals surface area contributed by atoms with E-state index in [9.17, 15) is 9.50 Å². The largest absolute Gasteiger partial charge is 0.387 e. The quantitative estimate of drug-likeness (QED) is 0.812. The maximum Gasteiger partial charge on any atom is 0.129 e. The van der Waals surface area contributed by atoms with Crippen LogP contribution in [0.3, 0.4) is 0 Å². The molecule has 0 spiro atoms. The molecule has 0 heterocycles. The summed E-state index contributed by atoms with van der Waals surface area (Å²) in [4.78, 5) is 1.11. The van der Waals surface area contributed by atoms with Gasteiger partial charge in [-0.3, -0.25) is 0 Å². The molecule has 1 unspecified atom stereocenters. The number of rotatable bonds is 4. The molecular formula is C15H14BrFOS. The van der Waals surface area contributed by atoms with Gasteiger partial charge in [0.05, 0.1) is 6.10 Å². The van der Waals surface area contributed by atoms with Gasteiger partial charge in [-0.1, -0.05) is 34.1 Å². The standard InChI is InChI=1S/C15H14BrFOS/c1-10-4-2-3-5-15(10)19-9-14(18)12-8-11(16)6-7-13(12)17/h2-8,14,18H,9H2,1H3. The molecule has 0 radical (unpaired) electrons. The number of aliphatic hydroxyl groups excluding tert-OH is 1. The second kappa shape index (κ2) is 6.55. The van der Waals surface area contributed by atoms with Crippen molar-refractivity contribution in [3.05, 3.63) is 63.9 Å². The minimum atomic E-state index is -0.817. The normalized spacial score (nSPS) is 12.4. The van der Waals surface area contributed by atoms with Crippen LogP contribution in [0.5, 0.6) is 0 Å². The number of thioether (sulfide) groups is 1. The monoisotopic (exact) mass is 340 g/mol. The van der Waals surface area contributed by atoms with Gasteiger partial charge in [0, 0.05) is 20.7 Å². The molecule has 0 aromatic heterocycles. The van der Waals surface area contributed by atoms with Crippen molar-refractivity contribution in [1.82, 2.24) is 0 Å². The predicted octanol–water partition coefficient (Wildman–Crippen LogP) is 4.72. The van der Waals surface area contributed by atoms with Crippen molar-refractivity contribution >= 4 is 27.7 Å². The van der Waals surface area contributed by atoms with E-state index in [-0.39, 0.29) is 5.82 Å². The predicted molar refractivity (Wildman–Crippen MR) is 81.0 cm³/mol. The van der Waals surface area contributed by atoms with Gasteiger partial charge in [-0.25, -0.2) is 4.39 Å². The first kappa shape index (κ1) is 14.6. The smallest absolute Gasteiger partial charge is 0.129 e. The molecule has 1 nitrogen and oxygen atoms in total. The third-order valence-corrected chi connectivity index (χ3v) is 4.55. The molecule has 0 saturated carbocycles. The average molecular weight is 341 g/mol. The molecule has 0 aliphatic rings. The van der Waals surface area contributed by atoms with Gasteiger partial charge in [0.15, 0.2) is 0 Å². The molecule has 2 aromatic rings. The Balaban J connectivity index is 2.07. The van der Waals surface area contributed by atoms with Gasteiger partial charge in [0.25, 0.3) is 0 Å². The Labute approximate surface area is 125 Å². The first-order valence-corrected chi connectivity index (χ1v) is 7.67. The molecule has 0 aliphatic carbocycles. The Hall–Kier alpha value is -0.840. The first-order chi connectivity index (χ1) is 9.08. The number of hydrogen-bond donors (Lipinski definition) is 1. The van der Waals surface area contributed by atoms with Crippen molar-refractivity contribution in [2.45, 2.75) is 17.9 Å². The molecular weight excluding hydrogens is 327 g/mol. The van der Waals surface area contributed by atoms with Crippen molar-refractivity contribution in [3.8, 4) is 0 Å². The fraction of sp³-hybridized carbons (Fsp3) is 0.200. The van der Waals surface area contributed by atoms with Crippen molar-refractivity contribution in [2.24, 2.45) is 0 Å². The molecule has 0 fully saturated rings. The Morgan fingerprint density at radius 3 is 2.74 bits per heavy atom. The lowest BCUT2D eigenvalue weighted by molar-refractivity contribution is 0.199. The summed E-state index contributed by atoms with van der Waals surface area (Å²) in [5, 5.41) is 10.1. The fourth-order valence-corrected chi connectivity index (χ4v) is 3.11. The molecule has 0 amide bonds. The molecule has 1 N–H and O–H groups in total. The lowest BCUT2D eigenvalue weighted by Gasteiger charge is -2.13. The molecule has 4 heteroatoms. The van der Waals surface area contributed by atoms with Crippen LogP contribution >= 0.6 is 27.7 Å². The summed E-state index contributed by atoms with van der Waals surface area (Å²) in [7, 11) is 0. The van der Waals surface area contributed by atoms with Crippen molar-refractivity contribution in [3.63, 3.8) is 0 Å². The highest BCUT2D eigenvalue weighted by Crippen LogP contribution is 2.29. The summed E-state index contributed by atoms with van der Waals surface area (Å²) in [6.45, 7) is 2.02. The highest BCUT2D eigenvalue weighted by molar-refractivity contribution is 9.10. The van der Waals surface area contributed by atoms with Crippen LogP contribution in [0.25, 0.3) is 0 Å². The third-order valence-electron chi connectivity index (χ3n) is 2.81. The zero-order valence-corrected chi connectivity index (χ0v) is 12.8. The zero-order valence-electron chi connectivity index (χ0n) is 10.4. The number of hydrogen-bond acceptors (Lipinski definition) is 2. The van der Waals surface area contributed by atoms with Crippen molar-refractivity contribution in [2.75, 3.05) is 5.75 Å². The number of aryl methyl sites for hydroxylation is 1. The fourth-order valence-electron chi connectivity index (χ4n) is 1.75. The van der Waals surface area contributed by atoms with E-state index in [4.69, 9.17) is 0 Å². The minimum absolute atomic E-state index is 0.329. The second-order valence-corrected chi connectivity index (χ2v) is 6.24. The molecule has 0 bridgehead atoms. The molecule has 0 aliphatic heterocycles. The highest BCUT2D eigenvalue weighted by Gasteiger charge is 2.14. The van der Waals surface area contributed by atoms with E-state index in [2.05, 4.69) is 15.9 Å². The van der Waals surface area contributed by atoms with Gasteiger partial charge in [-0.15, -0.1) is 11.8 Å². The Bertz CT molecular complexity index is 574. The van der Waals surface area contributed by atoms with E-state index in [0.717, 1.165) is 14.9 Å². The molecule has 100 valence electrons. The van der Waals surface area contributed by atoms with Crippen molar-refractivity contribution < 1.29 is 9.50 Å². The average Bonchev–Trinajstić information content (AvgIpc) is 2.40. The van der Waals surface area contributed by atoms with Gasteiger partial charge in [-0.05, 0) is 36.8 Å². The summed E-state index contributed by atoms with van der Waals surface area (Å²) in [5.41, 5.74) is 1.49. The highest BCUT2D eigenvalue weighted by atomic mass is 79.9. The molecule has 2 rings (SSSR count). The van der Waals surface area contributed by atoms with E-state index in [1.165, 1.54) is 17.8 Å². The molecule has 0 saturated heterocycles. The van der Waals surface area contributed by atoms with E-state index in [1.54, 1.807) is 12.1 Å². The lowest BCUT2D eigenvalue weighted by Crippen LogP contribution is -2.03. The summed E-state index contributed by atoms with van der Waals surface area (Å²) in [6, 6.07) is 12.6. The van der Waals surface area contributed by atoms with Gasteiger partial charge < -0.3 is 5.11 Å². The lowest BCUT2D eigenvalue weighted by atomic mass is 10.1. The minimum Gasteiger partial charge on any atom is -0.387 e. The van der Waals surface area contributed by atoms with Crippen LogP contribution in [0.1, 0.15) is 17.2 Å². The van der Waals surface area contributed by atoms with Gasteiger partial charge >= 0.3 is 0 Å². The Kier molecular flexibility index (Phi) is 5.02. The number of aliphatic hydroxyl groups is 1. The third kappa shape index (κ3) is 3.81. The van der Waals surface area contributed by atoms with Crippen molar-refractivity contribution in [1.29, 1.82) is 0 Å².